The van der Waals surface area contributed by atoms with Gasteiger partial charge in [-0.25, -0.2) is 0 Å². The number of carbonyl (C=O) groups excluding carboxylic acids is 7. The summed E-state index contributed by atoms with van der Waals surface area (Å²) in [5, 5.41) is 87.0. The van der Waals surface area contributed by atoms with Crippen LogP contribution in [0.5, 0.6) is 0 Å². The van der Waals surface area contributed by atoms with Crippen LogP contribution >= 0.6 is 0 Å². The molecule has 0 aliphatic carbocycles. The summed E-state index contributed by atoms with van der Waals surface area (Å²) in [6, 6.07) is -11.9. The number of carboxylic acids is 1. The zero-order valence-electron chi connectivity index (χ0n) is 35.9. The van der Waals surface area contributed by atoms with Crippen LogP contribution in [0.15, 0.2) is 0 Å². The summed E-state index contributed by atoms with van der Waals surface area (Å²) >= 11 is 0. The maximum atomic E-state index is 13.6. The monoisotopic (exact) mass is 910 g/mol. The molecule has 18 atom stereocenters. The second-order valence-electron chi connectivity index (χ2n) is 15.3. The minimum atomic E-state index is -1.76. The zero-order chi connectivity index (χ0) is 48.2. The number of hydrogen-bond donors (Lipinski definition) is 15. The Kier molecular flexibility index (Phi) is 21.1. The van der Waals surface area contributed by atoms with Gasteiger partial charge in [0, 0.05) is 13.8 Å². The Labute approximate surface area is 361 Å². The van der Waals surface area contributed by atoms with Crippen molar-refractivity contribution < 1.29 is 93.0 Å². The van der Waals surface area contributed by atoms with Crippen molar-refractivity contribution in [2.75, 3.05) is 13.2 Å². The van der Waals surface area contributed by atoms with E-state index >= 15 is 0 Å². The summed E-state index contributed by atoms with van der Waals surface area (Å²) in [5.41, 5.74) is 5.69. The van der Waals surface area contributed by atoms with Crippen LogP contribution in [0, 0.1) is 0 Å². The van der Waals surface area contributed by atoms with Gasteiger partial charge in [0.1, 0.15) is 78.9 Å². The Morgan fingerprint density at radius 2 is 0.873 bits per heavy atom. The number of nitrogens with two attached hydrogens (primary N) is 1. The number of hydrogen-bond acceptors (Lipinski definition) is 19. The fraction of sp³-hybridized carbons (Fsp3) is 0.778. The number of amides is 7. The first-order valence-electron chi connectivity index (χ1n) is 19.9. The van der Waals surface area contributed by atoms with E-state index in [1.54, 1.807) is 0 Å². The number of aliphatic hydroxyl groups excluding tert-OH is 6. The lowest BCUT2D eigenvalue weighted by atomic mass is 9.96. The van der Waals surface area contributed by atoms with Crippen molar-refractivity contribution in [2.45, 2.75) is 165 Å². The molecule has 2 aliphatic heterocycles. The predicted molar refractivity (Wildman–Crippen MR) is 210 cm³/mol. The second kappa shape index (κ2) is 24.4. The van der Waals surface area contributed by atoms with Crippen LogP contribution in [0.3, 0.4) is 0 Å². The number of ether oxygens (including phenoxy) is 4. The third-order valence-corrected chi connectivity index (χ3v) is 9.95. The Morgan fingerprint density at radius 3 is 1.21 bits per heavy atom. The van der Waals surface area contributed by atoms with Gasteiger partial charge in [-0.05, 0) is 41.5 Å². The summed E-state index contributed by atoms with van der Waals surface area (Å²) in [7, 11) is 0. The topological polar surface area (TPSA) is 425 Å². The van der Waals surface area contributed by atoms with Crippen LogP contribution in [-0.4, -0.2) is 206 Å². The highest BCUT2D eigenvalue weighted by Crippen LogP contribution is 2.25. The van der Waals surface area contributed by atoms with E-state index in [0.717, 1.165) is 20.8 Å². The molecule has 0 aromatic heterocycles. The van der Waals surface area contributed by atoms with E-state index in [2.05, 4.69) is 37.2 Å². The van der Waals surface area contributed by atoms with Crippen LogP contribution < -0.4 is 43.0 Å². The van der Waals surface area contributed by atoms with Crippen LogP contribution in [0.2, 0.25) is 0 Å². The highest BCUT2D eigenvalue weighted by Gasteiger charge is 2.48. The third kappa shape index (κ3) is 15.2. The molecule has 0 spiro atoms. The molecule has 360 valence electrons. The largest absolute Gasteiger partial charge is 0.480 e. The summed E-state index contributed by atoms with van der Waals surface area (Å²) < 4.78 is 22.7. The number of rotatable bonds is 21. The normalized spacial score (nSPS) is 29.7. The number of aliphatic carboxylic acids is 1. The molecule has 2 fully saturated rings. The van der Waals surface area contributed by atoms with E-state index in [9.17, 15) is 74.1 Å². The molecule has 63 heavy (non-hydrogen) atoms. The Morgan fingerprint density at radius 1 is 0.540 bits per heavy atom. The molecule has 2 rings (SSSR count). The molecule has 0 aromatic rings. The molecule has 2 saturated heterocycles. The van der Waals surface area contributed by atoms with Gasteiger partial charge in [-0.3, -0.25) is 38.4 Å². The van der Waals surface area contributed by atoms with E-state index in [1.807, 2.05) is 0 Å². The fourth-order valence-electron chi connectivity index (χ4n) is 6.25. The molecule has 0 aromatic carbocycles. The van der Waals surface area contributed by atoms with Crippen molar-refractivity contribution in [3.8, 4) is 0 Å². The number of carboxylic acid groups (broad SMARTS) is 1. The van der Waals surface area contributed by atoms with Crippen LogP contribution in [0.1, 0.15) is 55.4 Å². The molecular formula is C36H62N8O19. The lowest BCUT2D eigenvalue weighted by Crippen LogP contribution is -2.66. The Balaban J connectivity index is 2.28. The summed E-state index contributed by atoms with van der Waals surface area (Å²) in [6.45, 7) is 7.94. The van der Waals surface area contributed by atoms with Gasteiger partial charge in [0.25, 0.3) is 0 Å². The van der Waals surface area contributed by atoms with Gasteiger partial charge in [-0.15, -0.1) is 0 Å². The quantitative estimate of drug-likeness (QED) is 0.0508. The average molecular weight is 911 g/mol. The maximum absolute atomic E-state index is 13.6. The molecule has 0 saturated carbocycles. The maximum Gasteiger partial charge on any atom is 0.325 e. The first-order valence-corrected chi connectivity index (χ1v) is 19.9. The van der Waals surface area contributed by atoms with Gasteiger partial charge < -0.3 is 97.6 Å². The van der Waals surface area contributed by atoms with Crippen molar-refractivity contribution in [1.82, 2.24) is 37.2 Å². The van der Waals surface area contributed by atoms with Crippen molar-refractivity contribution in [3.63, 3.8) is 0 Å². The van der Waals surface area contributed by atoms with Gasteiger partial charge in [0.05, 0.1) is 31.5 Å². The van der Waals surface area contributed by atoms with E-state index < -0.39 is 170 Å². The van der Waals surface area contributed by atoms with Crippen LogP contribution in [0.25, 0.3) is 0 Å². The molecule has 2 aliphatic rings. The smallest absolute Gasteiger partial charge is 0.325 e. The predicted octanol–water partition coefficient (Wildman–Crippen LogP) is -8.40. The lowest BCUT2D eigenvalue weighted by Gasteiger charge is -2.43. The van der Waals surface area contributed by atoms with E-state index in [1.165, 1.54) is 34.6 Å². The van der Waals surface area contributed by atoms with Gasteiger partial charge >= 0.3 is 5.97 Å². The van der Waals surface area contributed by atoms with Crippen molar-refractivity contribution >= 4 is 47.3 Å². The van der Waals surface area contributed by atoms with Crippen molar-refractivity contribution in [1.29, 1.82) is 0 Å². The standard InChI is InChI=1S/C36H62N8O19/c1-11(37)29(53)43-21(15(5)60-35-23(41-17(7)47)27(51)25(49)19(9-45)62-35)32(56)39-12(2)30(54)38-13(3)31(55)44-22(33(57)40-14(4)34(58)59)16(6)61-36-24(42-18(8)48)28(52)26(50)20(10-46)63-36/h11-16,19-28,35-36,45-46,49-52H,9-10,37H2,1-8H3,(H,38,54)(H,39,56)(H,40,57)(H,41,47)(H,42,48)(H,43,53)(H,44,55)(H,58,59)/t11-,12-,13-,14-,15+,16+,19+,20+,21-,22-,23+,24+,25-,26-,27+,28+,35-,36-/m0/s1. The van der Waals surface area contributed by atoms with Gasteiger partial charge in [0.15, 0.2) is 12.6 Å². The third-order valence-electron chi connectivity index (χ3n) is 9.95. The number of aliphatic hydroxyl groups is 6. The number of nitrogens with one attached hydrogen (secondary N) is 7. The molecular weight excluding hydrogens is 848 g/mol. The molecule has 27 nitrogen and oxygen atoms in total. The molecule has 0 radical (unpaired) electrons. The molecule has 27 heteroatoms. The molecule has 0 unspecified atom stereocenters. The van der Waals surface area contributed by atoms with Gasteiger partial charge in [-0.2, -0.15) is 0 Å². The van der Waals surface area contributed by atoms with Crippen LogP contribution in [-0.2, 0) is 57.3 Å². The van der Waals surface area contributed by atoms with Gasteiger partial charge in [-0.1, -0.05) is 0 Å². The first kappa shape index (κ1) is 54.5. The van der Waals surface area contributed by atoms with Crippen molar-refractivity contribution in [3.05, 3.63) is 0 Å². The Hall–Kier alpha value is -4.68. The second-order valence-corrected chi connectivity index (χ2v) is 15.3. The summed E-state index contributed by atoms with van der Waals surface area (Å²) in [4.78, 5) is 102. The van der Waals surface area contributed by atoms with E-state index in [-0.39, 0.29) is 0 Å². The van der Waals surface area contributed by atoms with E-state index in [4.69, 9.17) is 24.7 Å². The highest BCUT2D eigenvalue weighted by molar-refractivity contribution is 5.96. The highest BCUT2D eigenvalue weighted by atomic mass is 16.7. The zero-order valence-corrected chi connectivity index (χ0v) is 35.9. The molecule has 0 bridgehead atoms. The first-order chi connectivity index (χ1) is 29.2. The van der Waals surface area contributed by atoms with Gasteiger partial charge in [0.2, 0.25) is 41.4 Å². The molecule has 7 amide bonds. The summed E-state index contributed by atoms with van der Waals surface area (Å²) in [6.07, 6.45) is -15.7. The molecule has 2 heterocycles. The van der Waals surface area contributed by atoms with Crippen LogP contribution in [0.4, 0.5) is 0 Å². The minimum absolute atomic E-state index is 0.666. The average Bonchev–Trinajstić information content (AvgIpc) is 3.20. The SMILES string of the molecule is CC(=O)N[C@H]1[C@@H](O[C@H](C)[C@H](NC(=O)[C@H](C)N)C(=O)N[C@@H](C)C(=O)N[C@@H](C)C(=O)N[C@H](C(=O)N[C@@H](C)C(=O)O)[C@@H](C)O[C@H]2O[C@H](CO)[C@H](O)[C@H](O)[C@H]2NC(C)=O)O[C@H](CO)[C@H](O)[C@@H]1O. The van der Waals surface area contributed by atoms with E-state index in [0.29, 0.717) is 0 Å². The minimum Gasteiger partial charge on any atom is -0.480 e. The fourth-order valence-corrected chi connectivity index (χ4v) is 6.25. The summed E-state index contributed by atoms with van der Waals surface area (Å²) in [5.74, 6) is -7.84. The lowest BCUT2D eigenvalue weighted by molar-refractivity contribution is -0.281. The molecule has 16 N–H and O–H groups in total. The Bertz CT molecular complexity index is 1630. The van der Waals surface area contributed by atoms with Crippen molar-refractivity contribution in [2.24, 2.45) is 5.73 Å². The number of carbonyl (C=O) groups is 8.